The van der Waals surface area contributed by atoms with Crippen LogP contribution in [0, 0.1) is 0 Å². The van der Waals surface area contributed by atoms with E-state index in [0.29, 0.717) is 5.88 Å². The van der Waals surface area contributed by atoms with Crippen molar-refractivity contribution in [2.75, 3.05) is 11.6 Å². The Morgan fingerprint density at radius 1 is 1.25 bits per heavy atom. The van der Waals surface area contributed by atoms with Crippen molar-refractivity contribution in [3.8, 4) is 0 Å². The van der Waals surface area contributed by atoms with Gasteiger partial charge >= 0.3 is 0 Å². The molecule has 0 heterocycles. The van der Waals surface area contributed by atoms with E-state index in [0.717, 1.165) is 5.75 Å². The lowest BCUT2D eigenvalue weighted by molar-refractivity contribution is 1.40. The molecular weight excluding hydrogens is 166 g/mol. The van der Waals surface area contributed by atoms with Gasteiger partial charge in [-0.1, -0.05) is 42.5 Å². The highest BCUT2D eigenvalue weighted by atomic mass is 32.2. The third-order valence-electron chi connectivity index (χ3n) is 1.44. The van der Waals surface area contributed by atoms with E-state index in [2.05, 4.69) is 24.3 Å². The average Bonchev–Trinajstić information content (AvgIpc) is 2.14. The molecule has 2 heteroatoms. The van der Waals surface area contributed by atoms with Crippen LogP contribution in [0.3, 0.4) is 0 Å². The van der Waals surface area contributed by atoms with Crippen LogP contribution in [0.5, 0.6) is 0 Å². The van der Waals surface area contributed by atoms with Crippen molar-refractivity contribution in [3.63, 3.8) is 0 Å². The zero-order chi connectivity index (χ0) is 8.65. The van der Waals surface area contributed by atoms with Gasteiger partial charge in [-0.05, 0) is 5.56 Å². The first-order valence-corrected chi connectivity index (χ1v) is 5.08. The second-order valence-electron chi connectivity index (χ2n) is 2.35. The molecule has 1 aromatic rings. The molecule has 0 aromatic heterocycles. The third kappa shape index (κ3) is 3.60. The topological polar surface area (TPSA) is 26.0 Å². The predicted octanol–water partition coefficient (Wildman–Crippen LogP) is 2.35. The summed E-state index contributed by atoms with van der Waals surface area (Å²) in [5.41, 5.74) is 6.58. The minimum Gasteiger partial charge on any atom is -0.322 e. The second-order valence-corrected chi connectivity index (χ2v) is 3.43. The summed E-state index contributed by atoms with van der Waals surface area (Å²) in [5.74, 6) is 1.69. The molecule has 0 atom stereocenters. The number of benzene rings is 1. The van der Waals surface area contributed by atoms with Crippen LogP contribution in [-0.4, -0.2) is 11.6 Å². The molecule has 2 N–H and O–H groups in total. The molecule has 0 aliphatic rings. The van der Waals surface area contributed by atoms with Crippen molar-refractivity contribution in [3.05, 3.63) is 42.0 Å². The van der Waals surface area contributed by atoms with Gasteiger partial charge in [-0.15, -0.1) is 11.8 Å². The van der Waals surface area contributed by atoms with Crippen molar-refractivity contribution in [1.29, 1.82) is 0 Å². The molecule has 1 aromatic carbocycles. The van der Waals surface area contributed by atoms with E-state index in [-0.39, 0.29) is 0 Å². The van der Waals surface area contributed by atoms with Gasteiger partial charge in [0.15, 0.2) is 0 Å². The van der Waals surface area contributed by atoms with Crippen LogP contribution < -0.4 is 5.73 Å². The molecule has 0 unspecified atom stereocenters. The molecule has 0 amide bonds. The highest BCUT2D eigenvalue weighted by molar-refractivity contribution is 7.99. The van der Waals surface area contributed by atoms with Crippen LogP contribution in [0.2, 0.25) is 0 Å². The fraction of sp³-hybridized carbons (Fsp3) is 0.200. The monoisotopic (exact) mass is 179 g/mol. The van der Waals surface area contributed by atoms with Gasteiger partial charge in [0, 0.05) is 11.6 Å². The second kappa shape index (κ2) is 5.86. The SMILES string of the molecule is NCSCC=Cc1ccccc1. The summed E-state index contributed by atoms with van der Waals surface area (Å²) >= 11 is 1.72. The Kier molecular flexibility index (Phi) is 4.57. The predicted molar refractivity (Wildman–Crippen MR) is 57.0 cm³/mol. The van der Waals surface area contributed by atoms with Crippen molar-refractivity contribution in [1.82, 2.24) is 0 Å². The van der Waals surface area contributed by atoms with E-state index < -0.39 is 0 Å². The lowest BCUT2D eigenvalue weighted by Crippen LogP contribution is -1.92. The summed E-state index contributed by atoms with van der Waals surface area (Å²) in [5, 5.41) is 0. The van der Waals surface area contributed by atoms with Crippen LogP contribution in [-0.2, 0) is 0 Å². The first kappa shape index (κ1) is 9.36. The van der Waals surface area contributed by atoms with Crippen LogP contribution in [0.4, 0.5) is 0 Å². The van der Waals surface area contributed by atoms with Gasteiger partial charge < -0.3 is 5.73 Å². The van der Waals surface area contributed by atoms with E-state index in [1.807, 2.05) is 18.2 Å². The van der Waals surface area contributed by atoms with Crippen LogP contribution in [0.1, 0.15) is 5.56 Å². The number of thioether (sulfide) groups is 1. The molecule has 0 aliphatic carbocycles. The molecule has 0 radical (unpaired) electrons. The van der Waals surface area contributed by atoms with Crippen LogP contribution in [0.25, 0.3) is 6.08 Å². The standard InChI is InChI=1S/C10H13NS/c11-9-12-8-4-7-10-5-2-1-3-6-10/h1-7H,8-9,11H2. The van der Waals surface area contributed by atoms with Crippen molar-refractivity contribution in [2.24, 2.45) is 5.73 Å². The fourth-order valence-electron chi connectivity index (χ4n) is 0.884. The summed E-state index contributed by atoms with van der Waals surface area (Å²) in [7, 11) is 0. The first-order chi connectivity index (χ1) is 5.93. The normalized spacial score (nSPS) is 10.8. The maximum atomic E-state index is 5.34. The Labute approximate surface area is 77.7 Å². The number of rotatable bonds is 4. The minimum atomic E-state index is 0.694. The quantitative estimate of drug-likeness (QED) is 0.567. The minimum absolute atomic E-state index is 0.694. The molecule has 12 heavy (non-hydrogen) atoms. The van der Waals surface area contributed by atoms with Gasteiger partial charge in [-0.3, -0.25) is 0 Å². The molecule has 0 fully saturated rings. The Hall–Kier alpha value is -0.730. The molecule has 0 saturated carbocycles. The maximum Gasteiger partial charge on any atom is 0.0395 e. The Morgan fingerprint density at radius 3 is 2.67 bits per heavy atom. The van der Waals surface area contributed by atoms with Gasteiger partial charge in [-0.25, -0.2) is 0 Å². The molecule has 0 spiro atoms. The van der Waals surface area contributed by atoms with E-state index in [4.69, 9.17) is 5.73 Å². The fourth-order valence-corrected chi connectivity index (χ4v) is 1.25. The molecule has 0 saturated heterocycles. The summed E-state index contributed by atoms with van der Waals surface area (Å²) < 4.78 is 0. The lowest BCUT2D eigenvalue weighted by atomic mass is 10.2. The number of hydrogen-bond acceptors (Lipinski definition) is 2. The van der Waals surface area contributed by atoms with E-state index in [9.17, 15) is 0 Å². The van der Waals surface area contributed by atoms with Gasteiger partial charge in [0.25, 0.3) is 0 Å². The first-order valence-electron chi connectivity index (χ1n) is 3.93. The van der Waals surface area contributed by atoms with Gasteiger partial charge in [0.05, 0.1) is 0 Å². The molecule has 0 bridgehead atoms. The van der Waals surface area contributed by atoms with Crippen molar-refractivity contribution in [2.45, 2.75) is 0 Å². The van der Waals surface area contributed by atoms with Crippen molar-refractivity contribution < 1.29 is 0 Å². The molecule has 64 valence electrons. The lowest BCUT2D eigenvalue weighted by Gasteiger charge is -1.91. The van der Waals surface area contributed by atoms with Crippen LogP contribution >= 0.6 is 11.8 Å². The smallest absolute Gasteiger partial charge is 0.0395 e. The Bertz CT molecular complexity index is 231. The van der Waals surface area contributed by atoms with E-state index in [1.165, 1.54) is 5.56 Å². The summed E-state index contributed by atoms with van der Waals surface area (Å²) in [6.45, 7) is 0. The van der Waals surface area contributed by atoms with Gasteiger partial charge in [-0.2, -0.15) is 0 Å². The Morgan fingerprint density at radius 2 is 2.00 bits per heavy atom. The van der Waals surface area contributed by atoms with Crippen molar-refractivity contribution >= 4 is 17.8 Å². The van der Waals surface area contributed by atoms with Gasteiger partial charge in [0.1, 0.15) is 0 Å². The molecule has 0 aliphatic heterocycles. The highest BCUT2D eigenvalue weighted by Gasteiger charge is 1.81. The highest BCUT2D eigenvalue weighted by Crippen LogP contribution is 2.03. The number of hydrogen-bond donors (Lipinski definition) is 1. The molecule has 1 rings (SSSR count). The number of nitrogens with two attached hydrogens (primary N) is 1. The maximum absolute atomic E-state index is 5.34. The third-order valence-corrected chi connectivity index (χ3v) is 2.11. The zero-order valence-corrected chi connectivity index (χ0v) is 7.76. The van der Waals surface area contributed by atoms with Gasteiger partial charge in [0.2, 0.25) is 0 Å². The van der Waals surface area contributed by atoms with E-state index in [1.54, 1.807) is 11.8 Å². The average molecular weight is 179 g/mol. The molecule has 1 nitrogen and oxygen atoms in total. The summed E-state index contributed by atoms with van der Waals surface area (Å²) in [4.78, 5) is 0. The van der Waals surface area contributed by atoms with Crippen LogP contribution in [0.15, 0.2) is 36.4 Å². The molecular formula is C10H13NS. The Balaban J connectivity index is 2.36. The zero-order valence-electron chi connectivity index (χ0n) is 6.94. The summed E-state index contributed by atoms with van der Waals surface area (Å²) in [6.07, 6.45) is 4.25. The van der Waals surface area contributed by atoms with E-state index >= 15 is 0 Å². The summed E-state index contributed by atoms with van der Waals surface area (Å²) in [6, 6.07) is 10.3. The largest absolute Gasteiger partial charge is 0.322 e.